The van der Waals surface area contributed by atoms with E-state index in [1.54, 1.807) is 0 Å². The van der Waals surface area contributed by atoms with Gasteiger partial charge in [0.1, 0.15) is 23.4 Å². The highest BCUT2D eigenvalue weighted by Crippen LogP contribution is 2.35. The highest BCUT2D eigenvalue weighted by molar-refractivity contribution is 6.33. The number of nitriles is 1. The largest absolute Gasteiger partial charge is 0.505 e. The number of benzene rings is 2. The van der Waals surface area contributed by atoms with Gasteiger partial charge >= 0.3 is 0 Å². The van der Waals surface area contributed by atoms with Crippen molar-refractivity contribution in [1.29, 1.82) is 5.26 Å². The molecule has 0 fully saturated rings. The summed E-state index contributed by atoms with van der Waals surface area (Å²) in [5.41, 5.74) is 0.282. The number of hydrogen-bond donors (Lipinski definition) is 1. The number of aliphatic imine (C=N–C) groups is 1. The lowest BCUT2D eigenvalue weighted by Crippen LogP contribution is -2.00. The van der Waals surface area contributed by atoms with E-state index in [0.29, 0.717) is 0 Å². The van der Waals surface area contributed by atoms with E-state index < -0.39 is 17.4 Å². The van der Waals surface area contributed by atoms with Gasteiger partial charge in [-0.25, -0.2) is 13.8 Å². The van der Waals surface area contributed by atoms with Crippen molar-refractivity contribution in [1.82, 2.24) is 4.98 Å². The first-order valence-electron chi connectivity index (χ1n) is 7.48. The monoisotopic (exact) mass is 403 g/mol. The van der Waals surface area contributed by atoms with Gasteiger partial charge in [-0.3, -0.25) is 4.98 Å². The molecule has 0 bridgehead atoms. The molecule has 0 aliphatic carbocycles. The van der Waals surface area contributed by atoms with E-state index >= 15 is 0 Å². The molecule has 0 aliphatic heterocycles. The van der Waals surface area contributed by atoms with Gasteiger partial charge in [0.25, 0.3) is 0 Å². The van der Waals surface area contributed by atoms with Gasteiger partial charge in [0.2, 0.25) is 0 Å². The van der Waals surface area contributed by atoms with Gasteiger partial charge in [-0.15, -0.1) is 0 Å². The van der Waals surface area contributed by atoms with Crippen LogP contribution in [-0.4, -0.2) is 15.8 Å². The molecule has 0 saturated heterocycles. The Hall–Kier alpha value is -3.01. The molecule has 1 aromatic heterocycles. The normalized spacial score (nSPS) is 11.3. The molecule has 1 N–H and O–H groups in total. The van der Waals surface area contributed by atoms with Gasteiger partial charge in [-0.05, 0) is 42.5 Å². The summed E-state index contributed by atoms with van der Waals surface area (Å²) < 4.78 is 26.8. The summed E-state index contributed by atoms with van der Waals surface area (Å²) in [5.74, 6) is -1.57. The third kappa shape index (κ3) is 3.90. The fourth-order valence-corrected chi connectivity index (χ4v) is 2.73. The average Bonchev–Trinajstić information content (AvgIpc) is 2.65. The van der Waals surface area contributed by atoms with Gasteiger partial charge in [-0.2, -0.15) is 5.26 Å². The van der Waals surface area contributed by atoms with E-state index in [1.807, 2.05) is 6.07 Å². The molecule has 0 spiro atoms. The molecule has 8 heteroatoms. The molecule has 0 aliphatic rings. The summed E-state index contributed by atoms with van der Waals surface area (Å²) in [6.45, 7) is 0. The fourth-order valence-electron chi connectivity index (χ4n) is 2.35. The molecule has 0 saturated carbocycles. The summed E-state index contributed by atoms with van der Waals surface area (Å²) in [6.07, 6.45) is 1.33. The molecule has 0 amide bonds. The first kappa shape index (κ1) is 18.8. The topological polar surface area (TPSA) is 69.3 Å². The SMILES string of the molecule is N#CC(=Nc1ccc(F)c(Cl)c1)c1ccnc(-c2cc(F)ccc2Cl)c1O. The van der Waals surface area contributed by atoms with Gasteiger partial charge < -0.3 is 5.11 Å². The predicted octanol–water partition coefficient (Wildman–Crippen LogP) is 5.68. The van der Waals surface area contributed by atoms with Crippen molar-refractivity contribution in [2.75, 3.05) is 0 Å². The lowest BCUT2D eigenvalue weighted by atomic mass is 10.0. The van der Waals surface area contributed by atoms with Crippen molar-refractivity contribution < 1.29 is 13.9 Å². The van der Waals surface area contributed by atoms with Crippen molar-refractivity contribution in [3.63, 3.8) is 0 Å². The molecule has 2 aromatic carbocycles. The van der Waals surface area contributed by atoms with Crippen molar-refractivity contribution in [3.8, 4) is 23.1 Å². The molecule has 3 rings (SSSR count). The third-order valence-corrected chi connectivity index (χ3v) is 4.23. The highest BCUT2D eigenvalue weighted by Gasteiger charge is 2.18. The van der Waals surface area contributed by atoms with Crippen LogP contribution in [0.15, 0.2) is 53.7 Å². The van der Waals surface area contributed by atoms with Gasteiger partial charge in [0.15, 0.2) is 11.5 Å². The first-order chi connectivity index (χ1) is 12.9. The second-order valence-electron chi connectivity index (χ2n) is 5.35. The van der Waals surface area contributed by atoms with Crippen molar-refractivity contribution in [2.45, 2.75) is 0 Å². The summed E-state index contributed by atoms with van der Waals surface area (Å²) in [4.78, 5) is 8.12. The van der Waals surface area contributed by atoms with Crippen LogP contribution in [0, 0.1) is 23.0 Å². The Kier molecular flexibility index (Phi) is 5.36. The van der Waals surface area contributed by atoms with E-state index in [0.717, 1.165) is 12.1 Å². The standard InChI is InChI=1S/C19H9Cl2F2N3O/c20-14-3-1-10(22)7-13(14)18-19(27)12(5-6-25-18)17(9-24)26-11-2-4-16(23)15(21)8-11/h1-8,27H. The minimum Gasteiger partial charge on any atom is -0.505 e. The molecule has 134 valence electrons. The number of nitrogens with zero attached hydrogens (tertiary/aromatic N) is 3. The molecule has 1 heterocycles. The summed E-state index contributed by atoms with van der Waals surface area (Å²) >= 11 is 11.8. The Balaban J connectivity index is 2.13. The zero-order chi connectivity index (χ0) is 19.6. The summed E-state index contributed by atoms with van der Waals surface area (Å²) in [7, 11) is 0. The van der Waals surface area contributed by atoms with Gasteiger partial charge in [0, 0.05) is 11.8 Å². The Morgan fingerprint density at radius 1 is 1.07 bits per heavy atom. The molecule has 27 heavy (non-hydrogen) atoms. The molecule has 3 aromatic rings. The van der Waals surface area contributed by atoms with E-state index in [-0.39, 0.29) is 38.3 Å². The van der Waals surface area contributed by atoms with E-state index in [2.05, 4.69) is 9.98 Å². The average molecular weight is 404 g/mol. The van der Waals surface area contributed by atoms with Gasteiger partial charge in [0.05, 0.1) is 21.3 Å². The number of halogens is 4. The zero-order valence-corrected chi connectivity index (χ0v) is 14.9. The second kappa shape index (κ2) is 7.70. The summed E-state index contributed by atoms with van der Waals surface area (Å²) in [5, 5.41) is 20.0. The number of aromatic hydroxyl groups is 1. The van der Waals surface area contributed by atoms with Crippen LogP contribution < -0.4 is 0 Å². The predicted molar refractivity (Wildman–Crippen MR) is 99.5 cm³/mol. The minimum absolute atomic E-state index is 0.00270. The smallest absolute Gasteiger partial charge is 0.152 e. The Morgan fingerprint density at radius 3 is 2.56 bits per heavy atom. The Labute approximate surface area is 163 Å². The maximum atomic E-state index is 13.6. The van der Waals surface area contributed by atoms with Crippen LogP contribution in [0.25, 0.3) is 11.3 Å². The lowest BCUT2D eigenvalue weighted by molar-refractivity contribution is 0.474. The molecule has 0 unspecified atom stereocenters. The molecular formula is C19H9Cl2F2N3O. The first-order valence-corrected chi connectivity index (χ1v) is 8.24. The highest BCUT2D eigenvalue weighted by atomic mass is 35.5. The van der Waals surface area contributed by atoms with E-state index in [4.69, 9.17) is 23.2 Å². The van der Waals surface area contributed by atoms with Crippen LogP contribution in [0.2, 0.25) is 10.0 Å². The quantitative estimate of drug-likeness (QED) is 0.571. The van der Waals surface area contributed by atoms with Gasteiger partial charge in [-0.1, -0.05) is 23.2 Å². The number of aromatic nitrogens is 1. The second-order valence-corrected chi connectivity index (χ2v) is 6.16. The van der Waals surface area contributed by atoms with Crippen molar-refractivity contribution in [2.24, 2.45) is 4.99 Å². The van der Waals surface area contributed by atoms with Crippen LogP contribution in [-0.2, 0) is 0 Å². The number of rotatable bonds is 3. The van der Waals surface area contributed by atoms with Crippen LogP contribution in [0.5, 0.6) is 5.75 Å². The Morgan fingerprint density at radius 2 is 1.85 bits per heavy atom. The van der Waals surface area contributed by atoms with E-state index in [9.17, 15) is 19.1 Å². The van der Waals surface area contributed by atoms with Crippen molar-refractivity contribution >= 4 is 34.6 Å². The molecular weight excluding hydrogens is 395 g/mol. The maximum absolute atomic E-state index is 13.6. The van der Waals surface area contributed by atoms with Crippen LogP contribution in [0.3, 0.4) is 0 Å². The Bertz CT molecular complexity index is 1110. The maximum Gasteiger partial charge on any atom is 0.152 e. The zero-order valence-electron chi connectivity index (χ0n) is 13.4. The number of hydrogen-bond acceptors (Lipinski definition) is 4. The van der Waals surface area contributed by atoms with Crippen LogP contribution >= 0.6 is 23.2 Å². The van der Waals surface area contributed by atoms with Crippen LogP contribution in [0.1, 0.15) is 5.56 Å². The lowest BCUT2D eigenvalue weighted by Gasteiger charge is -2.09. The summed E-state index contributed by atoms with van der Waals surface area (Å²) in [6, 6.07) is 10.6. The van der Waals surface area contributed by atoms with Crippen LogP contribution in [0.4, 0.5) is 14.5 Å². The minimum atomic E-state index is -0.621. The van der Waals surface area contributed by atoms with E-state index in [1.165, 1.54) is 36.5 Å². The molecule has 0 radical (unpaired) electrons. The number of pyridine rings is 1. The molecule has 4 nitrogen and oxygen atoms in total. The van der Waals surface area contributed by atoms with Crippen molar-refractivity contribution in [3.05, 3.63) is 75.9 Å². The fraction of sp³-hybridized carbons (Fsp3) is 0. The molecule has 0 atom stereocenters. The third-order valence-electron chi connectivity index (χ3n) is 3.61.